The van der Waals surface area contributed by atoms with Gasteiger partial charge in [-0.2, -0.15) is 10.2 Å². The topological polar surface area (TPSA) is 92.5 Å². The summed E-state index contributed by atoms with van der Waals surface area (Å²) in [5.41, 5.74) is 1.83. The van der Waals surface area contributed by atoms with E-state index < -0.39 is 11.4 Å². The lowest BCUT2D eigenvalue weighted by atomic mass is 9.64. The molecule has 2 atom stereocenters. The molecule has 0 heterocycles. The number of fused-ring (bicyclic) bond motifs is 2. The van der Waals surface area contributed by atoms with Crippen molar-refractivity contribution in [1.29, 1.82) is 0 Å². The Bertz CT molecular complexity index is 1420. The minimum atomic E-state index is -0.668. The van der Waals surface area contributed by atoms with E-state index in [0.717, 1.165) is 24.2 Å². The van der Waals surface area contributed by atoms with E-state index in [1.165, 1.54) is 0 Å². The fraction of sp³-hybridized carbons (Fsp3) is 0.300. The van der Waals surface area contributed by atoms with Crippen LogP contribution >= 0.6 is 11.6 Å². The molecule has 1 N–H and O–H groups in total. The molecule has 5 rings (SSSR count). The summed E-state index contributed by atoms with van der Waals surface area (Å²) >= 11 is 5.91. The van der Waals surface area contributed by atoms with E-state index >= 15 is 0 Å². The van der Waals surface area contributed by atoms with Crippen molar-refractivity contribution in [3.8, 4) is 0 Å². The van der Waals surface area contributed by atoms with Crippen molar-refractivity contribution in [1.82, 2.24) is 0 Å². The average molecular weight is 529 g/mol. The van der Waals surface area contributed by atoms with Crippen molar-refractivity contribution in [2.24, 2.45) is 31.6 Å². The van der Waals surface area contributed by atoms with Crippen molar-refractivity contribution in [3.63, 3.8) is 0 Å². The molecule has 2 bridgehead atoms. The van der Waals surface area contributed by atoms with Crippen LogP contribution in [0.2, 0.25) is 5.02 Å². The Labute approximate surface area is 226 Å². The zero-order valence-electron chi connectivity index (χ0n) is 21.6. The van der Waals surface area contributed by atoms with Crippen LogP contribution in [0.4, 0.5) is 17.1 Å². The van der Waals surface area contributed by atoms with E-state index in [2.05, 4.69) is 41.5 Å². The lowest BCUT2D eigenvalue weighted by molar-refractivity contribution is -0.130. The van der Waals surface area contributed by atoms with Gasteiger partial charge in [-0.3, -0.25) is 4.79 Å². The van der Waals surface area contributed by atoms with Gasteiger partial charge in [0.1, 0.15) is 0 Å². The number of nitrogens with zero attached hydrogens (tertiary/aromatic N) is 3. The van der Waals surface area contributed by atoms with Crippen LogP contribution in [0.5, 0.6) is 0 Å². The Kier molecular flexibility index (Phi) is 6.65. The molecule has 2 aliphatic carbocycles. The monoisotopic (exact) mass is 528 g/mol. The highest BCUT2D eigenvalue weighted by Crippen LogP contribution is 2.71. The van der Waals surface area contributed by atoms with Crippen molar-refractivity contribution in [3.05, 3.63) is 89.4 Å². The van der Waals surface area contributed by atoms with Crippen LogP contribution in [0.25, 0.3) is 0 Å². The molecular weight excluding hydrogens is 500 g/mol. The van der Waals surface area contributed by atoms with Crippen LogP contribution in [-0.4, -0.2) is 17.6 Å². The number of hydrogen-bond acceptors (Lipinski definition) is 6. The van der Waals surface area contributed by atoms with E-state index in [0.29, 0.717) is 28.4 Å². The SMILES string of the molecule is CC12CCC(C(=O)Nc3ccc(N=Nc4ccccc4)cc3)(CC1=NOC(=O)c1ccc(Cl)cc1)C2(C)C. The summed E-state index contributed by atoms with van der Waals surface area (Å²) in [6, 6.07) is 23.3. The first-order chi connectivity index (χ1) is 18.1. The Morgan fingerprint density at radius 3 is 2.13 bits per heavy atom. The molecule has 3 aromatic carbocycles. The lowest BCUT2D eigenvalue weighted by Crippen LogP contribution is -2.43. The van der Waals surface area contributed by atoms with Crippen molar-refractivity contribution < 1.29 is 14.4 Å². The smallest absolute Gasteiger partial charge is 0.326 e. The summed E-state index contributed by atoms with van der Waals surface area (Å²) in [5, 5.41) is 16.4. The largest absolute Gasteiger partial charge is 0.365 e. The van der Waals surface area contributed by atoms with E-state index in [-0.39, 0.29) is 16.7 Å². The number of halogens is 1. The normalized spacial score (nSPS) is 24.6. The molecule has 0 spiro atoms. The van der Waals surface area contributed by atoms with Crippen LogP contribution < -0.4 is 5.32 Å². The zero-order chi connectivity index (χ0) is 27.0. The van der Waals surface area contributed by atoms with Gasteiger partial charge < -0.3 is 10.2 Å². The number of carbonyl (C=O) groups is 2. The molecule has 2 saturated carbocycles. The summed E-state index contributed by atoms with van der Waals surface area (Å²) in [6.07, 6.45) is 1.94. The average Bonchev–Trinajstić information content (AvgIpc) is 3.23. The molecule has 0 saturated heterocycles. The van der Waals surface area contributed by atoms with Crippen LogP contribution in [0.3, 0.4) is 0 Å². The second-order valence-corrected chi connectivity index (χ2v) is 11.1. The molecule has 2 fully saturated rings. The van der Waals surface area contributed by atoms with Crippen LogP contribution in [0.1, 0.15) is 50.4 Å². The van der Waals surface area contributed by atoms with Crippen molar-refractivity contribution in [2.45, 2.75) is 40.0 Å². The molecule has 0 radical (unpaired) electrons. The molecule has 194 valence electrons. The van der Waals surface area contributed by atoms with Gasteiger partial charge in [0, 0.05) is 22.5 Å². The van der Waals surface area contributed by atoms with Crippen molar-refractivity contribution in [2.75, 3.05) is 5.32 Å². The Morgan fingerprint density at radius 1 is 0.842 bits per heavy atom. The van der Waals surface area contributed by atoms with E-state index in [1.54, 1.807) is 24.3 Å². The molecule has 8 heteroatoms. The molecule has 0 aliphatic heterocycles. The van der Waals surface area contributed by atoms with Gasteiger partial charge in [0.05, 0.1) is 28.1 Å². The number of nitrogens with one attached hydrogen (secondary N) is 1. The van der Waals surface area contributed by atoms with Gasteiger partial charge in [-0.05, 0) is 78.9 Å². The number of benzene rings is 3. The second-order valence-electron chi connectivity index (χ2n) is 10.7. The number of hydrogen-bond donors (Lipinski definition) is 1. The number of oxime groups is 1. The Hall–Kier alpha value is -3.84. The van der Waals surface area contributed by atoms with Gasteiger partial charge in [0.25, 0.3) is 0 Å². The van der Waals surface area contributed by atoms with E-state index in [4.69, 9.17) is 16.4 Å². The number of rotatable bonds is 6. The minimum Gasteiger partial charge on any atom is -0.326 e. The first kappa shape index (κ1) is 25.8. The highest BCUT2D eigenvalue weighted by molar-refractivity contribution is 6.30. The molecule has 2 aliphatic rings. The molecule has 1 amide bonds. The minimum absolute atomic E-state index is 0.0564. The van der Waals surface area contributed by atoms with Crippen LogP contribution in [-0.2, 0) is 9.63 Å². The summed E-state index contributed by atoms with van der Waals surface area (Å²) in [5.74, 6) is -0.611. The predicted octanol–water partition coefficient (Wildman–Crippen LogP) is 8.12. The molecular formula is C30H29ClN4O3. The number of carbonyl (C=O) groups excluding carboxylic acids is 2. The zero-order valence-corrected chi connectivity index (χ0v) is 22.3. The quantitative estimate of drug-likeness (QED) is 0.199. The summed E-state index contributed by atoms with van der Waals surface area (Å²) in [6.45, 7) is 6.32. The van der Waals surface area contributed by atoms with Gasteiger partial charge >= 0.3 is 5.97 Å². The highest BCUT2D eigenvalue weighted by atomic mass is 35.5. The highest BCUT2D eigenvalue weighted by Gasteiger charge is 2.71. The maximum Gasteiger partial charge on any atom is 0.365 e. The molecule has 7 nitrogen and oxygen atoms in total. The maximum atomic E-state index is 13.8. The third-order valence-corrected chi connectivity index (χ3v) is 8.90. The van der Waals surface area contributed by atoms with E-state index in [9.17, 15) is 9.59 Å². The van der Waals surface area contributed by atoms with Gasteiger partial charge in [-0.15, -0.1) is 0 Å². The summed E-state index contributed by atoms with van der Waals surface area (Å²) in [7, 11) is 0. The number of amides is 1. The maximum absolute atomic E-state index is 13.8. The molecule has 38 heavy (non-hydrogen) atoms. The predicted molar refractivity (Wildman–Crippen MR) is 148 cm³/mol. The number of anilines is 1. The lowest BCUT2D eigenvalue weighted by Gasteiger charge is -2.39. The standard InChI is InChI=1S/C30H29ClN4O3/c1-28(2)29(3)17-18-30(28,19-25(29)35-38-26(36)20-9-11-21(31)12-10-20)27(37)32-22-13-15-24(16-14-22)34-33-23-7-5-4-6-8-23/h4-16H,17-19H2,1-3H3,(H,32,37). The molecule has 0 aromatic heterocycles. The summed E-state index contributed by atoms with van der Waals surface area (Å²) in [4.78, 5) is 31.6. The third kappa shape index (κ3) is 4.41. The van der Waals surface area contributed by atoms with Crippen LogP contribution in [0, 0.1) is 16.2 Å². The first-order valence-corrected chi connectivity index (χ1v) is 13.0. The Morgan fingerprint density at radius 2 is 1.47 bits per heavy atom. The molecule has 3 aromatic rings. The second kappa shape index (κ2) is 9.80. The third-order valence-electron chi connectivity index (χ3n) is 8.65. The van der Waals surface area contributed by atoms with Gasteiger partial charge in [-0.1, -0.05) is 55.7 Å². The van der Waals surface area contributed by atoms with E-state index in [1.807, 2.05) is 54.6 Å². The first-order valence-electron chi connectivity index (χ1n) is 12.6. The van der Waals surface area contributed by atoms with Gasteiger partial charge in [0.2, 0.25) is 5.91 Å². The molecule has 2 unspecified atom stereocenters. The van der Waals surface area contributed by atoms with Gasteiger partial charge in [0.15, 0.2) is 0 Å². The fourth-order valence-corrected chi connectivity index (χ4v) is 5.86. The van der Waals surface area contributed by atoms with Crippen molar-refractivity contribution >= 4 is 46.3 Å². The van der Waals surface area contributed by atoms with Gasteiger partial charge in [-0.25, -0.2) is 4.79 Å². The fourth-order valence-electron chi connectivity index (χ4n) is 5.73. The van der Waals surface area contributed by atoms with Crippen LogP contribution in [0.15, 0.2) is 94.2 Å². The summed E-state index contributed by atoms with van der Waals surface area (Å²) < 4.78 is 0. The Balaban J connectivity index is 1.30. The number of azo groups is 1.